The summed E-state index contributed by atoms with van der Waals surface area (Å²) in [5.41, 5.74) is 4.91. The van der Waals surface area contributed by atoms with E-state index in [-0.39, 0.29) is 18.9 Å². The Kier molecular flexibility index (Phi) is 6.75. The molecule has 0 aliphatic heterocycles. The summed E-state index contributed by atoms with van der Waals surface area (Å²) in [6.45, 7) is 3.75. The quantitative estimate of drug-likeness (QED) is 0.564. The fraction of sp³-hybridized carbons (Fsp3) is 0.818. The molecule has 0 saturated heterocycles. The molecule has 4 N–H and O–H groups in total. The molecule has 0 rings (SSSR count). The summed E-state index contributed by atoms with van der Waals surface area (Å²) < 4.78 is 4.95. The van der Waals surface area contributed by atoms with E-state index < -0.39 is 17.6 Å². The van der Waals surface area contributed by atoms with Crippen LogP contribution in [0.5, 0.6) is 0 Å². The molecular weight excluding hydrogens is 224 g/mol. The van der Waals surface area contributed by atoms with Crippen molar-refractivity contribution in [2.24, 2.45) is 5.73 Å². The third kappa shape index (κ3) is 6.23. The van der Waals surface area contributed by atoms with Gasteiger partial charge in [-0.1, -0.05) is 13.3 Å². The Morgan fingerprint density at radius 3 is 2.53 bits per heavy atom. The van der Waals surface area contributed by atoms with Crippen molar-refractivity contribution in [1.29, 1.82) is 0 Å². The predicted molar refractivity (Wildman–Crippen MR) is 63.6 cm³/mol. The average molecular weight is 246 g/mol. The zero-order chi connectivity index (χ0) is 13.5. The fourth-order valence-electron chi connectivity index (χ4n) is 1.47. The second-order valence-electron chi connectivity index (χ2n) is 4.33. The maximum Gasteiger partial charge on any atom is 0.306 e. The van der Waals surface area contributed by atoms with Crippen molar-refractivity contribution in [1.82, 2.24) is 5.32 Å². The Hall–Kier alpha value is -1.14. The lowest BCUT2D eigenvalue weighted by Gasteiger charge is -2.24. The van der Waals surface area contributed by atoms with Crippen LogP contribution in [0.1, 0.15) is 33.1 Å². The number of carboxylic acid groups (broad SMARTS) is 1. The first kappa shape index (κ1) is 15.9. The van der Waals surface area contributed by atoms with E-state index in [1.54, 1.807) is 6.92 Å². The van der Waals surface area contributed by atoms with E-state index in [9.17, 15) is 9.59 Å². The molecule has 0 aromatic heterocycles. The van der Waals surface area contributed by atoms with Gasteiger partial charge in [0.1, 0.15) is 0 Å². The molecule has 0 fully saturated rings. The van der Waals surface area contributed by atoms with Gasteiger partial charge in [0.2, 0.25) is 5.91 Å². The highest BCUT2D eigenvalue weighted by molar-refractivity contribution is 5.85. The summed E-state index contributed by atoms with van der Waals surface area (Å²) in [4.78, 5) is 22.2. The van der Waals surface area contributed by atoms with Gasteiger partial charge in [-0.3, -0.25) is 9.59 Å². The Morgan fingerprint density at radius 2 is 2.12 bits per heavy atom. The number of carbonyl (C=O) groups excluding carboxylic acids is 1. The lowest BCUT2D eigenvalue weighted by atomic mass is 9.96. The van der Waals surface area contributed by atoms with Crippen molar-refractivity contribution in [2.45, 2.75) is 44.8 Å². The molecule has 6 nitrogen and oxygen atoms in total. The van der Waals surface area contributed by atoms with Gasteiger partial charge in [-0.25, -0.2) is 0 Å². The van der Waals surface area contributed by atoms with Gasteiger partial charge in [0.05, 0.1) is 18.1 Å². The first-order chi connectivity index (χ1) is 7.83. The number of rotatable bonds is 8. The van der Waals surface area contributed by atoms with Crippen LogP contribution in [0, 0.1) is 0 Å². The number of amides is 1. The topological polar surface area (TPSA) is 102 Å². The largest absolute Gasteiger partial charge is 0.481 e. The normalized spacial score (nSPS) is 16.0. The number of methoxy groups -OCH3 is 1. The minimum atomic E-state index is -0.963. The van der Waals surface area contributed by atoms with Crippen molar-refractivity contribution in [3.8, 4) is 0 Å². The van der Waals surface area contributed by atoms with Crippen LogP contribution in [0.4, 0.5) is 0 Å². The molecule has 0 aromatic carbocycles. The smallest absolute Gasteiger partial charge is 0.306 e. The van der Waals surface area contributed by atoms with Gasteiger partial charge in [0.15, 0.2) is 0 Å². The van der Waals surface area contributed by atoms with Crippen LogP contribution in [0.15, 0.2) is 0 Å². The molecule has 0 aromatic rings. The molecule has 0 saturated carbocycles. The number of carboxylic acids is 1. The molecule has 0 radical (unpaired) electrons. The van der Waals surface area contributed by atoms with Crippen LogP contribution in [0.3, 0.4) is 0 Å². The third-order valence-corrected chi connectivity index (χ3v) is 2.51. The zero-order valence-corrected chi connectivity index (χ0v) is 10.7. The summed E-state index contributed by atoms with van der Waals surface area (Å²) in [7, 11) is 1.41. The second-order valence-corrected chi connectivity index (χ2v) is 4.33. The molecular formula is C11H22N2O4. The van der Waals surface area contributed by atoms with Crippen LogP contribution < -0.4 is 11.1 Å². The van der Waals surface area contributed by atoms with Gasteiger partial charge in [-0.2, -0.15) is 0 Å². The monoisotopic (exact) mass is 246 g/mol. The fourth-order valence-corrected chi connectivity index (χ4v) is 1.47. The maximum absolute atomic E-state index is 11.7. The summed E-state index contributed by atoms with van der Waals surface area (Å²) >= 11 is 0. The summed E-state index contributed by atoms with van der Waals surface area (Å²) in [6.07, 6.45) is 0.707. The van der Waals surface area contributed by atoms with Crippen LogP contribution in [0.25, 0.3) is 0 Å². The highest BCUT2D eigenvalue weighted by atomic mass is 16.5. The summed E-state index contributed by atoms with van der Waals surface area (Å²) in [6, 6.07) is 0. The van der Waals surface area contributed by atoms with Gasteiger partial charge in [-0.15, -0.1) is 0 Å². The summed E-state index contributed by atoms with van der Waals surface area (Å²) in [5.74, 6) is -1.25. The van der Waals surface area contributed by atoms with Gasteiger partial charge in [0, 0.05) is 13.7 Å². The molecule has 0 spiro atoms. The first-order valence-corrected chi connectivity index (χ1v) is 5.65. The van der Waals surface area contributed by atoms with Crippen LogP contribution >= 0.6 is 0 Å². The third-order valence-electron chi connectivity index (χ3n) is 2.51. The Morgan fingerprint density at radius 1 is 1.53 bits per heavy atom. The Labute approximate surface area is 102 Å². The van der Waals surface area contributed by atoms with E-state index in [0.717, 1.165) is 6.42 Å². The molecule has 0 aliphatic carbocycles. The minimum absolute atomic E-state index is 0.147. The minimum Gasteiger partial charge on any atom is -0.481 e. The molecule has 6 heteroatoms. The van der Waals surface area contributed by atoms with Crippen molar-refractivity contribution in [3.05, 3.63) is 0 Å². The van der Waals surface area contributed by atoms with E-state index >= 15 is 0 Å². The van der Waals surface area contributed by atoms with Crippen molar-refractivity contribution < 1.29 is 19.4 Å². The zero-order valence-electron chi connectivity index (χ0n) is 10.7. The molecule has 0 heterocycles. The number of aliphatic carboxylic acids is 1. The molecule has 2 unspecified atom stereocenters. The van der Waals surface area contributed by atoms with E-state index in [2.05, 4.69) is 5.32 Å². The number of hydrogen-bond donors (Lipinski definition) is 3. The molecule has 100 valence electrons. The predicted octanol–water partition coefficient (Wildman–Crippen LogP) is 0.110. The number of nitrogens with one attached hydrogen (secondary N) is 1. The van der Waals surface area contributed by atoms with Crippen molar-refractivity contribution in [2.75, 3.05) is 13.7 Å². The molecule has 2 atom stereocenters. The lowest BCUT2D eigenvalue weighted by molar-refractivity contribution is -0.140. The molecule has 17 heavy (non-hydrogen) atoms. The second kappa shape index (κ2) is 7.24. The summed E-state index contributed by atoms with van der Waals surface area (Å²) in [5, 5.41) is 11.2. The highest BCUT2D eigenvalue weighted by Crippen LogP contribution is 2.08. The number of hydrogen-bond acceptors (Lipinski definition) is 4. The SMILES string of the molecule is CCCC(C)(N)C(=O)NCC(CC(=O)O)OC. The van der Waals surface area contributed by atoms with E-state index in [1.807, 2.05) is 6.92 Å². The van der Waals surface area contributed by atoms with Gasteiger partial charge in [0.25, 0.3) is 0 Å². The first-order valence-electron chi connectivity index (χ1n) is 5.65. The van der Waals surface area contributed by atoms with Gasteiger partial charge < -0.3 is 20.9 Å². The van der Waals surface area contributed by atoms with Crippen LogP contribution in [0.2, 0.25) is 0 Å². The number of ether oxygens (including phenoxy) is 1. The maximum atomic E-state index is 11.7. The van der Waals surface area contributed by atoms with Gasteiger partial charge in [-0.05, 0) is 13.3 Å². The average Bonchev–Trinajstić information content (AvgIpc) is 2.22. The Balaban J connectivity index is 4.16. The Bertz CT molecular complexity index is 266. The van der Waals surface area contributed by atoms with E-state index in [4.69, 9.17) is 15.6 Å². The van der Waals surface area contributed by atoms with Gasteiger partial charge >= 0.3 is 5.97 Å². The van der Waals surface area contributed by atoms with E-state index in [1.165, 1.54) is 7.11 Å². The highest BCUT2D eigenvalue weighted by Gasteiger charge is 2.27. The standard InChI is InChI=1S/C11H22N2O4/c1-4-5-11(2,12)10(16)13-7-8(17-3)6-9(14)15/h8H,4-7,12H2,1-3H3,(H,13,16)(H,14,15). The molecule has 1 amide bonds. The molecule has 0 bridgehead atoms. The van der Waals surface area contributed by atoms with E-state index in [0.29, 0.717) is 6.42 Å². The lowest BCUT2D eigenvalue weighted by Crippen LogP contribution is -2.53. The number of carbonyl (C=O) groups is 2. The van der Waals surface area contributed by atoms with Crippen molar-refractivity contribution >= 4 is 11.9 Å². The van der Waals surface area contributed by atoms with Crippen LogP contribution in [-0.4, -0.2) is 42.3 Å². The van der Waals surface area contributed by atoms with Crippen LogP contribution in [-0.2, 0) is 14.3 Å². The van der Waals surface area contributed by atoms with Crippen molar-refractivity contribution in [3.63, 3.8) is 0 Å². The number of nitrogens with two attached hydrogens (primary N) is 1. The molecule has 0 aliphatic rings.